The highest BCUT2D eigenvalue weighted by atomic mass is 16.6. The lowest BCUT2D eigenvalue weighted by Crippen LogP contribution is -2.44. The van der Waals surface area contributed by atoms with Gasteiger partial charge in [-0.3, -0.25) is 0 Å². The normalized spacial score (nSPS) is 15.1. The van der Waals surface area contributed by atoms with Gasteiger partial charge in [0.1, 0.15) is 11.4 Å². The van der Waals surface area contributed by atoms with Crippen LogP contribution in [0.15, 0.2) is 36.4 Å². The number of rotatable bonds is 4. The Morgan fingerprint density at radius 1 is 1.14 bits per heavy atom. The Morgan fingerprint density at radius 3 is 2.38 bits per heavy atom. The minimum absolute atomic E-state index is 0.0625. The number of carboxylic acids is 1. The van der Waals surface area contributed by atoms with Gasteiger partial charge in [0, 0.05) is 30.8 Å². The number of piperidine rings is 1. The van der Waals surface area contributed by atoms with Gasteiger partial charge in [0.05, 0.1) is 0 Å². The number of likely N-dealkylation sites (tertiary alicyclic amines) is 1. The van der Waals surface area contributed by atoms with Crippen molar-refractivity contribution in [2.75, 3.05) is 18.4 Å². The summed E-state index contributed by atoms with van der Waals surface area (Å²) in [4.78, 5) is 34.0. The Hall–Kier alpha value is -3.16. The maximum absolute atomic E-state index is 12.2. The standard InChI is InChI=1S/C21H26N4O4/c1-21(2,3)29-20(28)25-11-9-15(10-12-25)22-17-13-16(19(26)27)23-18(24-17)14-7-5-4-6-8-14/h4-8,13,15H,9-12H2,1-3H3,(H,26,27)(H,22,23,24). The second-order valence-corrected chi connectivity index (χ2v) is 8.02. The molecule has 154 valence electrons. The molecule has 0 unspecified atom stereocenters. The Morgan fingerprint density at radius 2 is 1.79 bits per heavy atom. The first-order chi connectivity index (χ1) is 13.7. The van der Waals surface area contributed by atoms with Crippen LogP contribution in [0.1, 0.15) is 44.1 Å². The van der Waals surface area contributed by atoms with Crippen molar-refractivity contribution in [3.63, 3.8) is 0 Å². The number of anilines is 1. The first-order valence-electron chi connectivity index (χ1n) is 9.63. The first-order valence-corrected chi connectivity index (χ1v) is 9.63. The van der Waals surface area contributed by atoms with E-state index < -0.39 is 11.6 Å². The highest BCUT2D eigenvalue weighted by molar-refractivity contribution is 5.87. The van der Waals surface area contributed by atoms with Gasteiger partial charge in [-0.2, -0.15) is 0 Å². The minimum Gasteiger partial charge on any atom is -0.477 e. The van der Waals surface area contributed by atoms with Crippen LogP contribution in [0.2, 0.25) is 0 Å². The summed E-state index contributed by atoms with van der Waals surface area (Å²) < 4.78 is 5.42. The fourth-order valence-electron chi connectivity index (χ4n) is 3.09. The third-order valence-corrected chi connectivity index (χ3v) is 4.48. The number of amides is 1. The molecule has 8 nitrogen and oxygen atoms in total. The fraction of sp³-hybridized carbons (Fsp3) is 0.429. The molecule has 8 heteroatoms. The molecule has 1 saturated heterocycles. The van der Waals surface area contributed by atoms with Crippen LogP contribution in [0.5, 0.6) is 0 Å². The summed E-state index contributed by atoms with van der Waals surface area (Å²) in [6.45, 7) is 6.67. The van der Waals surface area contributed by atoms with Crippen LogP contribution in [0.4, 0.5) is 10.6 Å². The number of carbonyl (C=O) groups is 2. The number of hydrogen-bond donors (Lipinski definition) is 2. The molecule has 1 amide bonds. The second-order valence-electron chi connectivity index (χ2n) is 8.02. The molecule has 0 atom stereocenters. The van der Waals surface area contributed by atoms with Gasteiger partial charge < -0.3 is 20.1 Å². The molecule has 0 aliphatic carbocycles. The zero-order valence-electron chi connectivity index (χ0n) is 16.9. The first kappa shape index (κ1) is 20.6. The molecular weight excluding hydrogens is 372 g/mol. The van der Waals surface area contributed by atoms with Gasteiger partial charge in [0.2, 0.25) is 0 Å². The lowest BCUT2D eigenvalue weighted by Gasteiger charge is -2.33. The van der Waals surface area contributed by atoms with Crippen LogP contribution in [0.25, 0.3) is 11.4 Å². The summed E-state index contributed by atoms with van der Waals surface area (Å²) in [6, 6.07) is 10.8. The van der Waals surface area contributed by atoms with Crippen molar-refractivity contribution in [1.29, 1.82) is 0 Å². The molecule has 1 fully saturated rings. The molecule has 1 aromatic heterocycles. The van der Waals surface area contributed by atoms with Gasteiger partial charge in [-0.05, 0) is 33.6 Å². The van der Waals surface area contributed by atoms with E-state index in [1.54, 1.807) is 4.90 Å². The number of nitrogens with one attached hydrogen (secondary N) is 1. The molecular formula is C21H26N4O4. The number of aromatic nitrogens is 2. The quantitative estimate of drug-likeness (QED) is 0.810. The van der Waals surface area contributed by atoms with E-state index in [0.29, 0.717) is 37.6 Å². The number of ether oxygens (including phenoxy) is 1. The van der Waals surface area contributed by atoms with E-state index in [4.69, 9.17) is 4.74 Å². The van der Waals surface area contributed by atoms with E-state index in [2.05, 4.69) is 15.3 Å². The van der Waals surface area contributed by atoms with E-state index in [1.807, 2.05) is 51.1 Å². The SMILES string of the molecule is CC(C)(C)OC(=O)N1CCC(Nc2cc(C(=O)O)nc(-c3ccccc3)n2)CC1. The summed E-state index contributed by atoms with van der Waals surface area (Å²) in [5.74, 6) is -0.279. The Balaban J connectivity index is 1.69. The Labute approximate surface area is 169 Å². The summed E-state index contributed by atoms with van der Waals surface area (Å²) in [6.07, 6.45) is 1.12. The molecule has 2 heterocycles. The lowest BCUT2D eigenvalue weighted by molar-refractivity contribution is 0.0210. The van der Waals surface area contributed by atoms with Crippen molar-refractivity contribution in [3.05, 3.63) is 42.1 Å². The summed E-state index contributed by atoms with van der Waals surface area (Å²) in [7, 11) is 0. The van der Waals surface area contributed by atoms with Crippen LogP contribution in [-0.2, 0) is 4.74 Å². The summed E-state index contributed by atoms with van der Waals surface area (Å²) >= 11 is 0. The Bertz CT molecular complexity index is 872. The topological polar surface area (TPSA) is 105 Å². The molecule has 29 heavy (non-hydrogen) atoms. The Kier molecular flexibility index (Phi) is 6.00. The van der Waals surface area contributed by atoms with Crippen LogP contribution in [0.3, 0.4) is 0 Å². The van der Waals surface area contributed by atoms with Crippen LogP contribution >= 0.6 is 0 Å². The molecule has 2 N–H and O–H groups in total. The number of aromatic carboxylic acids is 1. The molecule has 0 bridgehead atoms. The minimum atomic E-state index is -1.10. The number of hydrogen-bond acceptors (Lipinski definition) is 6. The summed E-state index contributed by atoms with van der Waals surface area (Å²) in [5, 5.41) is 12.7. The van der Waals surface area contributed by atoms with Crippen LogP contribution in [-0.4, -0.2) is 56.8 Å². The van der Waals surface area contributed by atoms with Crippen molar-refractivity contribution >= 4 is 17.9 Å². The van der Waals surface area contributed by atoms with Gasteiger partial charge in [-0.1, -0.05) is 30.3 Å². The number of carbonyl (C=O) groups excluding carboxylic acids is 1. The third kappa shape index (κ3) is 5.66. The van der Waals surface area contributed by atoms with Gasteiger partial charge in [-0.25, -0.2) is 19.6 Å². The van der Waals surface area contributed by atoms with Crippen LogP contribution < -0.4 is 5.32 Å². The molecule has 2 aromatic rings. The van der Waals surface area contributed by atoms with Crippen molar-refractivity contribution in [3.8, 4) is 11.4 Å². The largest absolute Gasteiger partial charge is 0.477 e. The van der Waals surface area contributed by atoms with Gasteiger partial charge >= 0.3 is 12.1 Å². The summed E-state index contributed by atoms with van der Waals surface area (Å²) in [5.41, 5.74) is 0.166. The maximum atomic E-state index is 12.2. The van der Waals surface area contributed by atoms with Gasteiger partial charge in [0.25, 0.3) is 0 Å². The fourth-order valence-corrected chi connectivity index (χ4v) is 3.09. The molecule has 1 aliphatic rings. The number of carboxylic acid groups (broad SMARTS) is 1. The van der Waals surface area contributed by atoms with Crippen molar-refractivity contribution in [1.82, 2.24) is 14.9 Å². The van der Waals surface area contributed by atoms with Crippen molar-refractivity contribution in [2.24, 2.45) is 0 Å². The third-order valence-electron chi connectivity index (χ3n) is 4.48. The van der Waals surface area contributed by atoms with E-state index in [-0.39, 0.29) is 17.8 Å². The van der Waals surface area contributed by atoms with E-state index >= 15 is 0 Å². The van der Waals surface area contributed by atoms with E-state index in [1.165, 1.54) is 6.07 Å². The zero-order chi connectivity index (χ0) is 21.0. The van der Waals surface area contributed by atoms with E-state index in [9.17, 15) is 14.7 Å². The molecule has 1 aliphatic heterocycles. The van der Waals surface area contributed by atoms with Crippen molar-refractivity contribution in [2.45, 2.75) is 45.3 Å². The lowest BCUT2D eigenvalue weighted by atomic mass is 10.1. The monoisotopic (exact) mass is 398 g/mol. The molecule has 0 radical (unpaired) electrons. The van der Waals surface area contributed by atoms with Gasteiger partial charge in [0.15, 0.2) is 11.5 Å². The molecule has 0 saturated carbocycles. The highest BCUT2D eigenvalue weighted by Gasteiger charge is 2.27. The van der Waals surface area contributed by atoms with E-state index in [0.717, 1.165) is 5.56 Å². The molecule has 1 aromatic carbocycles. The predicted molar refractivity (Wildman–Crippen MR) is 109 cm³/mol. The molecule has 0 spiro atoms. The second kappa shape index (κ2) is 8.46. The maximum Gasteiger partial charge on any atom is 0.410 e. The number of benzene rings is 1. The predicted octanol–water partition coefficient (Wildman–Crippen LogP) is 3.65. The smallest absolute Gasteiger partial charge is 0.410 e. The van der Waals surface area contributed by atoms with Gasteiger partial charge in [-0.15, -0.1) is 0 Å². The van der Waals surface area contributed by atoms with Crippen LogP contribution in [0, 0.1) is 0 Å². The average Bonchev–Trinajstić information content (AvgIpc) is 2.67. The average molecular weight is 398 g/mol. The molecule has 3 rings (SSSR count). The number of nitrogens with zero attached hydrogens (tertiary/aromatic N) is 3. The highest BCUT2D eigenvalue weighted by Crippen LogP contribution is 2.21. The zero-order valence-corrected chi connectivity index (χ0v) is 16.9. The van der Waals surface area contributed by atoms with Crippen molar-refractivity contribution < 1.29 is 19.4 Å².